The molecule has 96 valence electrons. The topological polar surface area (TPSA) is 58.6 Å². The second-order valence-electron chi connectivity index (χ2n) is 4.81. The first kappa shape index (κ1) is 12.4. The zero-order valence-electron chi connectivity index (χ0n) is 10.3. The molecule has 1 amide bonds. The number of likely N-dealkylation sites (tertiary alicyclic amines) is 1. The summed E-state index contributed by atoms with van der Waals surface area (Å²) in [5, 5.41) is 2.93. The van der Waals surface area contributed by atoms with Crippen LogP contribution in [0.5, 0.6) is 0 Å². The Hall–Kier alpha value is -1.10. The number of esters is 1. The lowest BCUT2D eigenvalue weighted by molar-refractivity contribution is -0.145. The van der Waals surface area contributed by atoms with Gasteiger partial charge in [0.05, 0.1) is 19.1 Å². The van der Waals surface area contributed by atoms with Crippen LogP contribution in [-0.2, 0) is 14.3 Å². The standard InChI is InChI=1S/C12H20N2O3/c1-17-12(16)9-5-7-14(8-9)10-4-2-3-6-13-11(10)15/h9-10H,2-8H2,1H3,(H,13,15). The Balaban J connectivity index is 1.94. The van der Waals surface area contributed by atoms with Gasteiger partial charge in [0.25, 0.3) is 0 Å². The largest absolute Gasteiger partial charge is 0.469 e. The van der Waals surface area contributed by atoms with Crippen molar-refractivity contribution in [1.82, 2.24) is 10.2 Å². The van der Waals surface area contributed by atoms with Gasteiger partial charge >= 0.3 is 5.97 Å². The molecule has 0 radical (unpaired) electrons. The van der Waals surface area contributed by atoms with E-state index in [1.807, 2.05) is 0 Å². The van der Waals surface area contributed by atoms with E-state index in [2.05, 4.69) is 10.2 Å². The highest BCUT2D eigenvalue weighted by Gasteiger charge is 2.35. The third kappa shape index (κ3) is 2.77. The smallest absolute Gasteiger partial charge is 0.310 e. The second kappa shape index (κ2) is 5.49. The molecule has 1 N–H and O–H groups in total. The fourth-order valence-corrected chi connectivity index (χ4v) is 2.70. The Morgan fingerprint density at radius 1 is 1.41 bits per heavy atom. The van der Waals surface area contributed by atoms with Crippen LogP contribution in [0.15, 0.2) is 0 Å². The summed E-state index contributed by atoms with van der Waals surface area (Å²) in [6.45, 7) is 2.26. The molecule has 5 nitrogen and oxygen atoms in total. The molecule has 0 bridgehead atoms. The van der Waals surface area contributed by atoms with Gasteiger partial charge in [-0.2, -0.15) is 0 Å². The molecule has 0 aromatic carbocycles. The van der Waals surface area contributed by atoms with Crippen molar-refractivity contribution in [2.45, 2.75) is 31.7 Å². The third-order valence-corrected chi connectivity index (χ3v) is 3.70. The first-order valence-corrected chi connectivity index (χ1v) is 6.32. The summed E-state index contributed by atoms with van der Waals surface area (Å²) in [7, 11) is 1.42. The van der Waals surface area contributed by atoms with Gasteiger partial charge in [-0.05, 0) is 32.2 Å². The van der Waals surface area contributed by atoms with E-state index in [-0.39, 0.29) is 23.8 Å². The van der Waals surface area contributed by atoms with Crippen molar-refractivity contribution in [1.29, 1.82) is 0 Å². The SMILES string of the molecule is COC(=O)C1CCN(C2CCCCNC2=O)C1. The molecule has 0 aliphatic carbocycles. The minimum Gasteiger partial charge on any atom is -0.469 e. The van der Waals surface area contributed by atoms with E-state index in [9.17, 15) is 9.59 Å². The molecular formula is C12H20N2O3. The highest BCUT2D eigenvalue weighted by Crippen LogP contribution is 2.23. The number of nitrogens with zero attached hydrogens (tertiary/aromatic N) is 1. The summed E-state index contributed by atoms with van der Waals surface area (Å²) in [6, 6.07) is -0.0489. The molecule has 2 aliphatic heterocycles. The van der Waals surface area contributed by atoms with Gasteiger partial charge in [0.2, 0.25) is 5.91 Å². The van der Waals surface area contributed by atoms with Crippen LogP contribution >= 0.6 is 0 Å². The van der Waals surface area contributed by atoms with Crippen molar-refractivity contribution in [3.8, 4) is 0 Å². The first-order chi connectivity index (χ1) is 8.22. The summed E-state index contributed by atoms with van der Waals surface area (Å²) in [4.78, 5) is 25.4. The van der Waals surface area contributed by atoms with Gasteiger partial charge in [0.15, 0.2) is 0 Å². The maximum atomic E-state index is 11.9. The summed E-state index contributed by atoms with van der Waals surface area (Å²) in [6.07, 6.45) is 3.83. The van der Waals surface area contributed by atoms with Crippen LogP contribution in [0.4, 0.5) is 0 Å². The van der Waals surface area contributed by atoms with Crippen LogP contribution in [0.1, 0.15) is 25.7 Å². The lowest BCUT2D eigenvalue weighted by Gasteiger charge is -2.24. The van der Waals surface area contributed by atoms with E-state index in [4.69, 9.17) is 4.74 Å². The maximum absolute atomic E-state index is 11.9. The normalized spacial score (nSPS) is 30.8. The summed E-state index contributed by atoms with van der Waals surface area (Å²) < 4.78 is 4.76. The molecule has 0 spiro atoms. The van der Waals surface area contributed by atoms with Crippen LogP contribution in [0.3, 0.4) is 0 Å². The Bertz CT molecular complexity index is 306. The number of hydrogen-bond acceptors (Lipinski definition) is 4. The van der Waals surface area contributed by atoms with Crippen LogP contribution in [0.25, 0.3) is 0 Å². The Labute approximate surface area is 101 Å². The molecule has 2 rings (SSSR count). The van der Waals surface area contributed by atoms with Gasteiger partial charge < -0.3 is 10.1 Å². The van der Waals surface area contributed by atoms with E-state index in [1.54, 1.807) is 0 Å². The molecule has 2 atom stereocenters. The van der Waals surface area contributed by atoms with Crippen molar-refractivity contribution in [3.63, 3.8) is 0 Å². The molecule has 17 heavy (non-hydrogen) atoms. The van der Waals surface area contributed by atoms with Crippen molar-refractivity contribution in [2.24, 2.45) is 5.92 Å². The number of rotatable bonds is 2. The van der Waals surface area contributed by atoms with Crippen LogP contribution in [0, 0.1) is 5.92 Å². The molecule has 2 saturated heterocycles. The third-order valence-electron chi connectivity index (χ3n) is 3.70. The van der Waals surface area contributed by atoms with Crippen LogP contribution in [-0.4, -0.2) is 49.6 Å². The molecule has 0 saturated carbocycles. The second-order valence-corrected chi connectivity index (χ2v) is 4.81. The number of methoxy groups -OCH3 is 1. The Kier molecular flexibility index (Phi) is 3.99. The number of ether oxygens (including phenoxy) is 1. The molecule has 2 fully saturated rings. The van der Waals surface area contributed by atoms with Gasteiger partial charge in [-0.15, -0.1) is 0 Å². The van der Waals surface area contributed by atoms with E-state index in [0.717, 1.165) is 38.8 Å². The van der Waals surface area contributed by atoms with Crippen molar-refractivity contribution >= 4 is 11.9 Å². The predicted octanol–water partition coefficient (Wildman–Crippen LogP) is 0.150. The zero-order chi connectivity index (χ0) is 12.3. The van der Waals surface area contributed by atoms with E-state index in [0.29, 0.717) is 6.54 Å². The molecule has 2 unspecified atom stereocenters. The minimum absolute atomic E-state index is 0.0489. The van der Waals surface area contributed by atoms with Gasteiger partial charge in [-0.3, -0.25) is 14.5 Å². The molecule has 5 heteroatoms. The lowest BCUT2D eigenvalue weighted by atomic mass is 10.1. The summed E-state index contributed by atoms with van der Waals surface area (Å²) in [5.41, 5.74) is 0. The number of amides is 1. The number of nitrogens with one attached hydrogen (secondary N) is 1. The number of carbonyl (C=O) groups is 2. The maximum Gasteiger partial charge on any atom is 0.310 e. The van der Waals surface area contributed by atoms with E-state index >= 15 is 0 Å². The van der Waals surface area contributed by atoms with Gasteiger partial charge in [-0.1, -0.05) is 0 Å². The van der Waals surface area contributed by atoms with Gasteiger partial charge in [0.1, 0.15) is 0 Å². The average molecular weight is 240 g/mol. The van der Waals surface area contributed by atoms with Crippen LogP contribution in [0.2, 0.25) is 0 Å². The lowest BCUT2D eigenvalue weighted by Crippen LogP contribution is -2.45. The quantitative estimate of drug-likeness (QED) is 0.698. The Morgan fingerprint density at radius 2 is 2.24 bits per heavy atom. The molecule has 0 aromatic heterocycles. The highest BCUT2D eigenvalue weighted by atomic mass is 16.5. The molecule has 2 heterocycles. The van der Waals surface area contributed by atoms with Crippen LogP contribution < -0.4 is 5.32 Å². The van der Waals surface area contributed by atoms with Crippen molar-refractivity contribution < 1.29 is 14.3 Å². The number of hydrogen-bond donors (Lipinski definition) is 1. The zero-order valence-corrected chi connectivity index (χ0v) is 10.3. The first-order valence-electron chi connectivity index (χ1n) is 6.32. The minimum atomic E-state index is -0.151. The fourth-order valence-electron chi connectivity index (χ4n) is 2.70. The van der Waals surface area contributed by atoms with Gasteiger partial charge in [-0.25, -0.2) is 0 Å². The molecule has 2 aliphatic rings. The highest BCUT2D eigenvalue weighted by molar-refractivity contribution is 5.82. The summed E-state index contributed by atoms with van der Waals surface area (Å²) in [5.74, 6) is -0.0920. The predicted molar refractivity (Wildman–Crippen MR) is 62.3 cm³/mol. The van der Waals surface area contributed by atoms with Gasteiger partial charge in [0, 0.05) is 13.1 Å². The van der Waals surface area contributed by atoms with E-state index in [1.165, 1.54) is 7.11 Å². The average Bonchev–Trinajstić information content (AvgIpc) is 2.72. The monoisotopic (exact) mass is 240 g/mol. The van der Waals surface area contributed by atoms with E-state index < -0.39 is 0 Å². The molecule has 0 aromatic rings. The fraction of sp³-hybridized carbons (Fsp3) is 0.833. The van der Waals surface area contributed by atoms with Crippen molar-refractivity contribution in [3.05, 3.63) is 0 Å². The summed E-state index contributed by atoms with van der Waals surface area (Å²) >= 11 is 0. The molecular weight excluding hydrogens is 220 g/mol. The Morgan fingerprint density at radius 3 is 3.00 bits per heavy atom. The number of carbonyl (C=O) groups excluding carboxylic acids is 2. The van der Waals surface area contributed by atoms with Crippen molar-refractivity contribution in [2.75, 3.05) is 26.7 Å².